The van der Waals surface area contributed by atoms with Gasteiger partial charge in [-0.05, 0) is 69.6 Å². The van der Waals surface area contributed by atoms with E-state index in [0.717, 1.165) is 27.8 Å². The van der Waals surface area contributed by atoms with Crippen LogP contribution < -0.4 is 35.1 Å². The van der Waals surface area contributed by atoms with E-state index in [4.69, 9.17) is 39.9 Å². The first-order chi connectivity index (χ1) is 24.5. The van der Waals surface area contributed by atoms with Crippen LogP contribution in [0, 0.1) is 16.7 Å². The number of carboxylic acid groups (broad SMARTS) is 1. The fourth-order valence-electron chi connectivity index (χ4n) is 5.59. The Morgan fingerprint density at radius 1 is 0.922 bits per heavy atom. The average molecular weight is 694 g/mol. The van der Waals surface area contributed by atoms with Crippen molar-refractivity contribution >= 4 is 35.3 Å². The van der Waals surface area contributed by atoms with Gasteiger partial charge in [0.2, 0.25) is 5.75 Å². The molecule has 1 atom stereocenters. The first kappa shape index (κ1) is 37.1. The van der Waals surface area contributed by atoms with Gasteiger partial charge in [-0.3, -0.25) is 4.79 Å². The van der Waals surface area contributed by atoms with Gasteiger partial charge in [0.15, 0.2) is 11.5 Å². The number of amides is 1. The number of alkyl carbamates (subject to hydrolysis) is 1. The highest BCUT2D eigenvalue weighted by molar-refractivity contribution is 5.91. The molecule has 13 nitrogen and oxygen atoms in total. The van der Waals surface area contributed by atoms with Gasteiger partial charge >= 0.3 is 12.1 Å². The van der Waals surface area contributed by atoms with Crippen LogP contribution in [0.1, 0.15) is 34.6 Å². The molecule has 0 fully saturated rings. The highest BCUT2D eigenvalue weighted by Gasteiger charge is 2.29. The van der Waals surface area contributed by atoms with Crippen LogP contribution in [0.25, 0.3) is 22.8 Å². The van der Waals surface area contributed by atoms with Gasteiger partial charge in [-0.15, -0.1) is 0 Å². The number of nitrogens with one attached hydrogen (secondary N) is 2. The number of hydrogen-bond acceptors (Lipinski definition) is 11. The van der Waals surface area contributed by atoms with Crippen molar-refractivity contribution in [3.05, 3.63) is 101 Å². The van der Waals surface area contributed by atoms with E-state index in [1.165, 1.54) is 21.3 Å². The maximum absolute atomic E-state index is 12.0. The molecule has 4 aromatic rings. The molecule has 13 heteroatoms. The lowest BCUT2D eigenvalue weighted by molar-refractivity contribution is -0.223. The molecule has 0 radical (unpaired) electrons. The number of benzene rings is 4. The number of fused-ring (bicyclic) bond motifs is 3. The van der Waals surface area contributed by atoms with Crippen LogP contribution in [0.15, 0.2) is 78.9 Å². The van der Waals surface area contributed by atoms with E-state index in [1.807, 2.05) is 54.6 Å². The van der Waals surface area contributed by atoms with Crippen molar-refractivity contribution in [2.75, 3.05) is 40.8 Å². The Morgan fingerprint density at radius 2 is 1.49 bits per heavy atom. The van der Waals surface area contributed by atoms with Crippen molar-refractivity contribution in [2.45, 2.75) is 18.4 Å². The predicted octanol–water partition coefficient (Wildman–Crippen LogP) is 5.07. The summed E-state index contributed by atoms with van der Waals surface area (Å²) in [4.78, 5) is 22.7. The Bertz CT molecular complexity index is 1920. The molecule has 1 aliphatic carbocycles. The van der Waals surface area contributed by atoms with E-state index in [1.54, 1.807) is 37.5 Å². The molecular formula is C38H37N4O9-. The van der Waals surface area contributed by atoms with Gasteiger partial charge < -0.3 is 50.4 Å². The van der Waals surface area contributed by atoms with Gasteiger partial charge in [-0.2, -0.15) is 5.26 Å². The van der Waals surface area contributed by atoms with Crippen LogP contribution in [-0.4, -0.2) is 64.2 Å². The monoisotopic (exact) mass is 693 g/mol. The second-order valence-electron chi connectivity index (χ2n) is 11.1. The molecule has 4 aromatic carbocycles. The Balaban J connectivity index is 0.000000229. The summed E-state index contributed by atoms with van der Waals surface area (Å²) >= 11 is 0. The number of nitrogen functional groups attached to an aromatic ring is 1. The molecule has 0 spiro atoms. The van der Waals surface area contributed by atoms with E-state index in [0.29, 0.717) is 39.8 Å². The third-order valence-corrected chi connectivity index (χ3v) is 7.99. The summed E-state index contributed by atoms with van der Waals surface area (Å²) < 4.78 is 26.3. The predicted molar refractivity (Wildman–Crippen MR) is 189 cm³/mol. The zero-order valence-electron chi connectivity index (χ0n) is 28.4. The summed E-state index contributed by atoms with van der Waals surface area (Å²) in [5.74, 6) is -0.587. The summed E-state index contributed by atoms with van der Waals surface area (Å²) in [6.45, 7) is 0.0475. The van der Waals surface area contributed by atoms with Crippen molar-refractivity contribution in [3.63, 3.8) is 0 Å². The number of carbonyl (C=O) groups is 2. The van der Waals surface area contributed by atoms with Crippen molar-refractivity contribution in [1.29, 1.82) is 10.7 Å². The van der Waals surface area contributed by atoms with Crippen LogP contribution in [0.3, 0.4) is 0 Å². The summed E-state index contributed by atoms with van der Waals surface area (Å²) in [7, 11) is 6.14. The number of anilines is 1. The Morgan fingerprint density at radius 3 is 1.96 bits per heavy atom. The fourth-order valence-corrected chi connectivity index (χ4v) is 5.59. The topological polar surface area (TPSA) is 209 Å². The molecule has 264 valence electrons. The zero-order chi connectivity index (χ0) is 37.1. The maximum atomic E-state index is 12.0. The number of carboxylic acids is 1. The molecule has 0 aliphatic heterocycles. The number of nitrogens with zero attached hydrogens (tertiary/aromatic N) is 1. The maximum Gasteiger partial charge on any atom is 0.407 e. The highest BCUT2D eigenvalue weighted by atomic mass is 16.5. The number of carbonyl (C=O) groups excluding carboxylic acids is 1. The summed E-state index contributed by atoms with van der Waals surface area (Å²) in [5, 5.41) is 38.6. The first-order valence-corrected chi connectivity index (χ1v) is 15.5. The average Bonchev–Trinajstić information content (AvgIpc) is 3.45. The Hall–Kier alpha value is -6.68. The SMILES string of the molecule is COc1ccc(/C=C(/C#N)c2cc(OC)c(OC)c(OC)c2)cc1N.N=C([O-])[C@H](CC(=O)O)NC(=O)OCC1c2ccccc2-c2ccccc21. The normalized spacial score (nSPS) is 12.1. The Labute approximate surface area is 294 Å². The van der Waals surface area contributed by atoms with E-state index < -0.39 is 30.4 Å². The number of methoxy groups -OCH3 is 4. The zero-order valence-corrected chi connectivity index (χ0v) is 28.4. The third kappa shape index (κ3) is 8.87. The van der Waals surface area contributed by atoms with Gasteiger partial charge in [0.25, 0.3) is 0 Å². The number of allylic oxidation sites excluding steroid dienone is 1. The van der Waals surface area contributed by atoms with Crippen molar-refractivity contribution in [3.8, 4) is 40.2 Å². The molecule has 0 bridgehead atoms. The van der Waals surface area contributed by atoms with Crippen molar-refractivity contribution in [2.24, 2.45) is 0 Å². The molecule has 0 saturated heterocycles. The molecule has 0 heterocycles. The van der Waals surface area contributed by atoms with E-state index in [9.17, 15) is 20.0 Å². The molecule has 51 heavy (non-hydrogen) atoms. The van der Waals surface area contributed by atoms with Crippen LogP contribution >= 0.6 is 0 Å². The molecule has 5 rings (SSSR count). The lowest BCUT2D eigenvalue weighted by Crippen LogP contribution is -2.47. The van der Waals surface area contributed by atoms with Gasteiger partial charge in [0.05, 0.1) is 58.2 Å². The molecule has 1 amide bonds. The number of nitriles is 1. The molecule has 1 aliphatic rings. The number of rotatable bonds is 12. The standard InChI is InChI=1S/C19H18N2O5.C19H20N2O4/c20-18(24)16(9-17(22)23)21-19(25)26-10-15-13-7-3-1-5-11(13)12-6-2-4-8-14(12)15;1-22-16-6-5-12(8-15(16)21)7-14(11-20)13-9-17(23-2)19(25-4)18(10-13)24-3/h1-8,15-16H,9-10H2,(H2,20,24)(H,21,25)(H,22,23);5-10H,21H2,1-4H3/p-1/b;14-7-/t16-;/m0./s1. The minimum absolute atomic E-state index is 0.0475. The van der Waals surface area contributed by atoms with Gasteiger partial charge in [-0.1, -0.05) is 54.6 Å². The Kier molecular flexibility index (Phi) is 12.5. The molecule has 5 N–H and O–H groups in total. The number of aliphatic carboxylic acids is 1. The summed E-state index contributed by atoms with van der Waals surface area (Å²) in [5.41, 5.74) is 12.5. The van der Waals surface area contributed by atoms with Crippen molar-refractivity contribution in [1.82, 2.24) is 5.32 Å². The summed E-state index contributed by atoms with van der Waals surface area (Å²) in [6, 6.07) is 25.2. The molecule has 0 saturated carbocycles. The highest BCUT2D eigenvalue weighted by Crippen LogP contribution is 2.44. The van der Waals surface area contributed by atoms with E-state index in [-0.39, 0.29) is 12.5 Å². The van der Waals surface area contributed by atoms with Crippen LogP contribution in [0.4, 0.5) is 10.5 Å². The van der Waals surface area contributed by atoms with Crippen LogP contribution in [0.2, 0.25) is 0 Å². The number of hydrogen-bond donors (Lipinski definition) is 4. The van der Waals surface area contributed by atoms with Gasteiger partial charge in [0.1, 0.15) is 12.4 Å². The first-order valence-electron chi connectivity index (χ1n) is 15.5. The van der Waals surface area contributed by atoms with Crippen molar-refractivity contribution < 1.29 is 43.5 Å². The smallest absolute Gasteiger partial charge is 0.407 e. The van der Waals surface area contributed by atoms with Crippen LogP contribution in [0.5, 0.6) is 23.0 Å². The second kappa shape index (κ2) is 17.1. The fraction of sp³-hybridized carbons (Fsp3) is 0.211. The number of nitrogens with two attached hydrogens (primary N) is 1. The lowest BCUT2D eigenvalue weighted by atomic mass is 9.98. The van der Waals surface area contributed by atoms with Gasteiger partial charge in [0, 0.05) is 5.92 Å². The minimum atomic E-state index is -1.43. The largest absolute Gasteiger partial charge is 0.861 e. The van der Waals surface area contributed by atoms with Crippen LogP contribution in [-0.2, 0) is 9.53 Å². The molecule has 0 aromatic heterocycles. The number of ether oxygens (including phenoxy) is 5. The van der Waals surface area contributed by atoms with Gasteiger partial charge in [-0.25, -0.2) is 4.79 Å². The lowest BCUT2D eigenvalue weighted by Gasteiger charge is -2.21. The molecule has 0 unspecified atom stereocenters. The summed E-state index contributed by atoms with van der Waals surface area (Å²) in [6.07, 6.45) is 0.155. The van der Waals surface area contributed by atoms with E-state index in [2.05, 4.69) is 11.4 Å². The quantitative estimate of drug-likeness (QED) is 0.0506. The van der Waals surface area contributed by atoms with E-state index >= 15 is 0 Å². The molecular weight excluding hydrogens is 656 g/mol. The second-order valence-corrected chi connectivity index (χ2v) is 11.1. The third-order valence-electron chi connectivity index (χ3n) is 7.99. The minimum Gasteiger partial charge on any atom is -0.861 e.